The molecule has 108 valence electrons. The lowest BCUT2D eigenvalue weighted by atomic mass is 10.3. The number of benzene rings is 1. The van der Waals surface area contributed by atoms with Gasteiger partial charge in [0.05, 0.1) is 19.6 Å². The number of ether oxygens (including phenoxy) is 1. The van der Waals surface area contributed by atoms with Crippen LogP contribution in [-0.4, -0.2) is 31.0 Å². The highest BCUT2D eigenvalue weighted by Gasteiger charge is 2.23. The second kappa shape index (κ2) is 6.79. The zero-order chi connectivity index (χ0) is 14.4. The summed E-state index contributed by atoms with van der Waals surface area (Å²) >= 11 is 0. The molecule has 0 atom stereocenters. The molecule has 1 aliphatic carbocycles. The van der Waals surface area contributed by atoms with Gasteiger partial charge in [0.1, 0.15) is 5.75 Å². The molecule has 6 heteroatoms. The molecule has 4 N–H and O–H groups in total. The molecule has 6 nitrogen and oxygen atoms in total. The summed E-state index contributed by atoms with van der Waals surface area (Å²) in [5.41, 5.74) is 6.23. The van der Waals surface area contributed by atoms with Crippen molar-refractivity contribution in [3.8, 4) is 5.75 Å². The van der Waals surface area contributed by atoms with Crippen LogP contribution in [0.4, 0.5) is 5.69 Å². The number of amides is 2. The van der Waals surface area contributed by atoms with Crippen molar-refractivity contribution in [3.63, 3.8) is 0 Å². The lowest BCUT2D eigenvalue weighted by Crippen LogP contribution is -2.38. The zero-order valence-electron chi connectivity index (χ0n) is 11.2. The Morgan fingerprint density at radius 3 is 2.80 bits per heavy atom. The van der Waals surface area contributed by atoms with Gasteiger partial charge in [-0.25, -0.2) is 0 Å². The number of nitrogen functional groups attached to an aromatic ring is 1. The highest BCUT2D eigenvalue weighted by molar-refractivity contribution is 5.84. The van der Waals surface area contributed by atoms with Crippen molar-refractivity contribution in [1.82, 2.24) is 10.6 Å². The first-order valence-corrected chi connectivity index (χ1v) is 6.68. The average Bonchev–Trinajstić information content (AvgIpc) is 3.20. The first kappa shape index (κ1) is 14.2. The summed E-state index contributed by atoms with van der Waals surface area (Å²) in [4.78, 5) is 22.9. The zero-order valence-corrected chi connectivity index (χ0v) is 11.2. The van der Waals surface area contributed by atoms with E-state index in [0.29, 0.717) is 17.5 Å². The number of nitrogens with one attached hydrogen (secondary N) is 2. The number of nitrogens with two attached hydrogens (primary N) is 1. The third-order valence-corrected chi connectivity index (χ3v) is 2.84. The standard InChI is InChI=1S/C14H19N3O3/c15-10-2-1-3-12(8-10)20-7-6-13(18)16-9-14(19)17-11-4-5-11/h1-3,8,11H,4-7,9,15H2,(H,16,18)(H,17,19). The molecule has 0 aliphatic heterocycles. The van der Waals surface area contributed by atoms with Crippen molar-refractivity contribution in [2.45, 2.75) is 25.3 Å². The largest absolute Gasteiger partial charge is 0.493 e. The van der Waals surface area contributed by atoms with E-state index in [9.17, 15) is 9.59 Å². The molecule has 0 heterocycles. The Hall–Kier alpha value is -2.24. The van der Waals surface area contributed by atoms with Gasteiger partial charge in [-0.1, -0.05) is 6.07 Å². The summed E-state index contributed by atoms with van der Waals surface area (Å²) in [7, 11) is 0. The average molecular weight is 277 g/mol. The SMILES string of the molecule is Nc1cccc(OCCC(=O)NCC(=O)NC2CC2)c1. The Labute approximate surface area is 117 Å². The molecule has 1 aromatic carbocycles. The highest BCUT2D eigenvalue weighted by Crippen LogP contribution is 2.18. The quantitative estimate of drug-likeness (QED) is 0.630. The fourth-order valence-electron chi connectivity index (χ4n) is 1.64. The van der Waals surface area contributed by atoms with E-state index < -0.39 is 0 Å². The molecule has 2 amide bonds. The van der Waals surface area contributed by atoms with Crippen LogP contribution < -0.4 is 21.1 Å². The molecular formula is C14H19N3O3. The predicted octanol–water partition coefficient (Wildman–Crippen LogP) is 0.432. The van der Waals surface area contributed by atoms with Crippen LogP contribution in [0.5, 0.6) is 5.75 Å². The summed E-state index contributed by atoms with van der Waals surface area (Å²) in [6.07, 6.45) is 2.27. The van der Waals surface area contributed by atoms with Crippen LogP contribution >= 0.6 is 0 Å². The van der Waals surface area contributed by atoms with Crippen LogP contribution in [0.3, 0.4) is 0 Å². The van der Waals surface area contributed by atoms with Crippen LogP contribution in [0.15, 0.2) is 24.3 Å². The fourth-order valence-corrected chi connectivity index (χ4v) is 1.64. The topological polar surface area (TPSA) is 93.4 Å². The van der Waals surface area contributed by atoms with E-state index in [1.807, 2.05) is 0 Å². The molecule has 2 rings (SSSR count). The molecule has 0 unspecified atom stereocenters. The summed E-state index contributed by atoms with van der Waals surface area (Å²) in [5, 5.41) is 5.36. The Balaban J connectivity index is 1.58. The van der Waals surface area contributed by atoms with Crippen LogP contribution in [0.1, 0.15) is 19.3 Å². The van der Waals surface area contributed by atoms with Gasteiger partial charge in [0.25, 0.3) is 0 Å². The third-order valence-electron chi connectivity index (χ3n) is 2.84. The monoisotopic (exact) mass is 277 g/mol. The molecule has 0 aromatic heterocycles. The van der Waals surface area contributed by atoms with Gasteiger partial charge >= 0.3 is 0 Å². The molecule has 20 heavy (non-hydrogen) atoms. The van der Waals surface area contributed by atoms with Gasteiger partial charge < -0.3 is 21.1 Å². The van der Waals surface area contributed by atoms with E-state index in [4.69, 9.17) is 10.5 Å². The van der Waals surface area contributed by atoms with Gasteiger partial charge in [-0.3, -0.25) is 9.59 Å². The van der Waals surface area contributed by atoms with Gasteiger partial charge in [0.2, 0.25) is 11.8 Å². The minimum atomic E-state index is -0.208. The van der Waals surface area contributed by atoms with E-state index in [-0.39, 0.29) is 31.4 Å². The first-order chi connectivity index (χ1) is 9.63. The van der Waals surface area contributed by atoms with Gasteiger partial charge in [0, 0.05) is 17.8 Å². The maximum absolute atomic E-state index is 11.5. The summed E-state index contributed by atoms with van der Waals surface area (Å²) in [6, 6.07) is 7.33. The number of carbonyl (C=O) groups is 2. The smallest absolute Gasteiger partial charge is 0.239 e. The number of anilines is 1. The van der Waals surface area contributed by atoms with Crippen molar-refractivity contribution in [3.05, 3.63) is 24.3 Å². The lowest BCUT2D eigenvalue weighted by molar-refractivity contribution is -0.126. The van der Waals surface area contributed by atoms with Crippen LogP contribution in [0.25, 0.3) is 0 Å². The van der Waals surface area contributed by atoms with Gasteiger partial charge in [-0.05, 0) is 25.0 Å². The molecule has 1 aliphatic rings. The molecule has 1 saturated carbocycles. The van der Waals surface area contributed by atoms with Crippen LogP contribution in [0, 0.1) is 0 Å². The maximum Gasteiger partial charge on any atom is 0.239 e. The summed E-state index contributed by atoms with van der Waals surface area (Å²) in [5.74, 6) is 0.279. The molecule has 1 fully saturated rings. The van der Waals surface area contributed by atoms with Crippen molar-refractivity contribution in [2.75, 3.05) is 18.9 Å². The normalized spacial score (nSPS) is 13.6. The third kappa shape index (κ3) is 5.17. The van der Waals surface area contributed by atoms with Crippen LogP contribution in [-0.2, 0) is 9.59 Å². The lowest BCUT2D eigenvalue weighted by Gasteiger charge is -2.08. The Kier molecular flexibility index (Phi) is 4.81. The molecular weight excluding hydrogens is 258 g/mol. The Bertz CT molecular complexity index is 486. The summed E-state index contributed by atoms with van der Waals surface area (Å²) in [6.45, 7) is 0.271. The minimum Gasteiger partial charge on any atom is -0.493 e. The van der Waals surface area contributed by atoms with Crippen molar-refractivity contribution in [1.29, 1.82) is 0 Å². The number of hydrogen-bond acceptors (Lipinski definition) is 4. The second-order valence-corrected chi connectivity index (χ2v) is 4.79. The number of carbonyl (C=O) groups excluding carboxylic acids is 2. The molecule has 1 aromatic rings. The molecule has 0 saturated heterocycles. The highest BCUT2D eigenvalue weighted by atomic mass is 16.5. The summed E-state index contributed by atoms with van der Waals surface area (Å²) < 4.78 is 5.40. The minimum absolute atomic E-state index is 0.0214. The van der Waals surface area contributed by atoms with E-state index in [0.717, 1.165) is 12.8 Å². The Morgan fingerprint density at radius 1 is 1.30 bits per heavy atom. The first-order valence-electron chi connectivity index (χ1n) is 6.68. The number of hydrogen-bond donors (Lipinski definition) is 3. The van der Waals surface area contributed by atoms with Gasteiger partial charge in [-0.2, -0.15) is 0 Å². The molecule has 0 bridgehead atoms. The van der Waals surface area contributed by atoms with E-state index in [1.54, 1.807) is 24.3 Å². The van der Waals surface area contributed by atoms with E-state index in [1.165, 1.54) is 0 Å². The maximum atomic E-state index is 11.5. The van der Waals surface area contributed by atoms with Gasteiger partial charge in [-0.15, -0.1) is 0 Å². The van der Waals surface area contributed by atoms with Crippen molar-refractivity contribution >= 4 is 17.5 Å². The van der Waals surface area contributed by atoms with Crippen molar-refractivity contribution in [2.24, 2.45) is 0 Å². The second-order valence-electron chi connectivity index (χ2n) is 4.79. The van der Waals surface area contributed by atoms with E-state index >= 15 is 0 Å². The Morgan fingerprint density at radius 2 is 2.10 bits per heavy atom. The fraction of sp³-hybridized carbons (Fsp3) is 0.429. The molecule has 0 spiro atoms. The van der Waals surface area contributed by atoms with E-state index in [2.05, 4.69) is 10.6 Å². The predicted molar refractivity (Wildman–Crippen MR) is 75.1 cm³/mol. The van der Waals surface area contributed by atoms with Gasteiger partial charge in [0.15, 0.2) is 0 Å². The molecule has 0 radical (unpaired) electrons. The van der Waals surface area contributed by atoms with Crippen LogP contribution in [0.2, 0.25) is 0 Å². The number of rotatable bonds is 7. The van der Waals surface area contributed by atoms with Crippen molar-refractivity contribution < 1.29 is 14.3 Å².